The van der Waals surface area contributed by atoms with E-state index in [0.29, 0.717) is 31.6 Å². The summed E-state index contributed by atoms with van der Waals surface area (Å²) in [7, 11) is -2.69. The minimum Gasteiger partial charge on any atom is -0.381 e. The van der Waals surface area contributed by atoms with Crippen LogP contribution < -0.4 is 0 Å². The molecule has 0 aromatic carbocycles. The second-order valence-corrected chi connectivity index (χ2v) is 12.3. The van der Waals surface area contributed by atoms with Gasteiger partial charge in [0.05, 0.1) is 15.9 Å². The maximum Gasteiger partial charge on any atom is 0.303 e. The Kier molecular flexibility index (Phi) is 5.45. The highest BCUT2D eigenvalue weighted by molar-refractivity contribution is 7.93. The Morgan fingerprint density at radius 1 is 1.19 bits per heavy atom. The Labute approximate surface area is 183 Å². The molecule has 2 amide bonds. The fraction of sp³-hybridized carbons (Fsp3) is 0.773. The number of ether oxygens (including phenoxy) is 1. The van der Waals surface area contributed by atoms with Gasteiger partial charge in [-0.25, -0.2) is 9.19 Å². The van der Waals surface area contributed by atoms with Crippen molar-refractivity contribution in [3.05, 3.63) is 17.7 Å². The van der Waals surface area contributed by atoms with E-state index in [-0.39, 0.29) is 22.5 Å². The maximum absolute atomic E-state index is 13.3. The molecule has 9 heteroatoms. The molecule has 2 unspecified atom stereocenters. The lowest BCUT2D eigenvalue weighted by Crippen LogP contribution is -2.43. The topological polar surface area (TPSA) is 93.9 Å². The van der Waals surface area contributed by atoms with Gasteiger partial charge >= 0.3 is 5.91 Å². The molecule has 3 fully saturated rings. The summed E-state index contributed by atoms with van der Waals surface area (Å²) in [4.78, 5) is 32.1. The van der Waals surface area contributed by atoms with E-state index in [4.69, 9.17) is 4.74 Å². The number of fused-ring (bicyclic) bond motifs is 1. The first-order chi connectivity index (χ1) is 14.9. The van der Waals surface area contributed by atoms with E-state index < -0.39 is 15.6 Å². The lowest BCUT2D eigenvalue weighted by Gasteiger charge is -2.33. The van der Waals surface area contributed by atoms with Gasteiger partial charge < -0.3 is 14.2 Å². The molecule has 0 N–H and O–H groups in total. The highest BCUT2D eigenvalue weighted by Gasteiger charge is 2.59. The van der Waals surface area contributed by atoms with E-state index in [2.05, 4.69) is 9.35 Å². The summed E-state index contributed by atoms with van der Waals surface area (Å²) in [5, 5.41) is -0.166. The predicted octanol–water partition coefficient (Wildman–Crippen LogP) is 2.27. The van der Waals surface area contributed by atoms with E-state index in [1.54, 1.807) is 12.5 Å². The third kappa shape index (κ3) is 3.95. The summed E-state index contributed by atoms with van der Waals surface area (Å²) in [6.45, 7) is 3.50. The highest BCUT2D eigenvalue weighted by Crippen LogP contribution is 2.59. The van der Waals surface area contributed by atoms with Gasteiger partial charge in [-0.15, -0.1) is 0 Å². The summed E-state index contributed by atoms with van der Waals surface area (Å²) in [6, 6.07) is 0. The van der Waals surface area contributed by atoms with Crippen molar-refractivity contribution in [1.82, 2.24) is 14.5 Å². The molecule has 2 saturated heterocycles. The molecular formula is C22H32N4O4S. The molecule has 0 bridgehead atoms. The van der Waals surface area contributed by atoms with Crippen molar-refractivity contribution in [2.45, 2.75) is 63.2 Å². The van der Waals surface area contributed by atoms with Crippen LogP contribution in [0, 0.1) is 11.3 Å². The number of piperidine rings is 1. The zero-order valence-corrected chi connectivity index (χ0v) is 19.1. The zero-order valence-electron chi connectivity index (χ0n) is 18.3. The Balaban J connectivity index is 1.21. The number of aryl methyl sites for hydroxylation is 1. The zero-order chi connectivity index (χ0) is 21.6. The number of hydrogen-bond acceptors (Lipinski definition) is 5. The Morgan fingerprint density at radius 3 is 2.68 bits per heavy atom. The average Bonchev–Trinajstić information content (AvgIpc) is 3.28. The van der Waals surface area contributed by atoms with E-state index in [9.17, 15) is 13.8 Å². The standard InChI is InChI=1S/C22H32N4O4S/c1-31(29,24-20(27)18-15-23-19-4-2-3-9-26(18)19)16-5-10-25(11-6-16)21(28)17-14-22(17)7-12-30-13-8-22/h15-17H,2-14H2,1H3. The van der Waals surface area contributed by atoms with Crippen LogP contribution >= 0.6 is 0 Å². The molecular weight excluding hydrogens is 416 g/mol. The van der Waals surface area contributed by atoms with E-state index in [0.717, 1.165) is 64.1 Å². The van der Waals surface area contributed by atoms with Crippen molar-refractivity contribution in [3.8, 4) is 0 Å². The molecule has 0 radical (unpaired) electrons. The lowest BCUT2D eigenvalue weighted by molar-refractivity contribution is -0.134. The van der Waals surface area contributed by atoms with Gasteiger partial charge in [0.15, 0.2) is 0 Å². The second kappa shape index (κ2) is 7.99. The van der Waals surface area contributed by atoms with Crippen molar-refractivity contribution in [3.63, 3.8) is 0 Å². The first-order valence-corrected chi connectivity index (χ1v) is 13.5. The van der Waals surface area contributed by atoms with Crippen molar-refractivity contribution >= 4 is 21.5 Å². The predicted molar refractivity (Wildman–Crippen MR) is 116 cm³/mol. The largest absolute Gasteiger partial charge is 0.381 e. The monoisotopic (exact) mass is 448 g/mol. The first kappa shape index (κ1) is 21.1. The first-order valence-electron chi connectivity index (χ1n) is 11.6. The molecule has 4 aliphatic rings. The number of nitrogens with zero attached hydrogens (tertiary/aromatic N) is 4. The van der Waals surface area contributed by atoms with E-state index >= 15 is 0 Å². The van der Waals surface area contributed by atoms with Crippen molar-refractivity contribution in [2.75, 3.05) is 32.6 Å². The summed E-state index contributed by atoms with van der Waals surface area (Å²) < 4.78 is 24.9. The van der Waals surface area contributed by atoms with E-state index in [1.807, 2.05) is 9.47 Å². The molecule has 170 valence electrons. The lowest BCUT2D eigenvalue weighted by atomic mass is 9.93. The third-order valence-corrected chi connectivity index (χ3v) is 10.0. The Morgan fingerprint density at radius 2 is 1.94 bits per heavy atom. The fourth-order valence-corrected chi connectivity index (χ4v) is 7.29. The molecule has 1 aliphatic carbocycles. The number of likely N-dealkylation sites (tertiary alicyclic amines) is 1. The van der Waals surface area contributed by atoms with Crippen LogP contribution in [0.25, 0.3) is 0 Å². The molecule has 8 nitrogen and oxygen atoms in total. The number of rotatable bonds is 3. The van der Waals surface area contributed by atoms with Crippen LogP contribution in [0.1, 0.15) is 61.3 Å². The SMILES string of the molecule is CS(=O)(=NC(=O)c1cnc2n1CCCC2)C1CCN(C(=O)C2CC23CCOCC3)CC1. The second-order valence-electron chi connectivity index (χ2n) is 9.68. The number of carbonyl (C=O) groups excluding carboxylic acids is 2. The minimum absolute atomic E-state index is 0.137. The molecule has 31 heavy (non-hydrogen) atoms. The van der Waals surface area contributed by atoms with Crippen LogP contribution in [0.5, 0.6) is 0 Å². The van der Waals surface area contributed by atoms with Gasteiger partial charge in [-0.05, 0) is 50.4 Å². The molecule has 1 saturated carbocycles. The fourth-order valence-electron chi connectivity index (χ4n) is 5.63. The summed E-state index contributed by atoms with van der Waals surface area (Å²) in [5.41, 5.74) is 0.628. The van der Waals surface area contributed by atoms with Gasteiger partial charge in [-0.1, -0.05) is 0 Å². The highest BCUT2D eigenvalue weighted by atomic mass is 32.2. The van der Waals surface area contributed by atoms with Crippen LogP contribution in [0.15, 0.2) is 10.6 Å². The smallest absolute Gasteiger partial charge is 0.303 e. The number of carbonyl (C=O) groups is 2. The molecule has 2 atom stereocenters. The molecule has 5 rings (SSSR count). The van der Waals surface area contributed by atoms with Gasteiger partial charge in [0.1, 0.15) is 11.5 Å². The van der Waals surface area contributed by atoms with Crippen LogP contribution in [0.2, 0.25) is 0 Å². The molecule has 1 aromatic heterocycles. The minimum atomic E-state index is -2.69. The van der Waals surface area contributed by atoms with Crippen LogP contribution in [-0.2, 0) is 32.2 Å². The number of aromatic nitrogens is 2. The van der Waals surface area contributed by atoms with Crippen LogP contribution in [-0.4, -0.2) is 68.3 Å². The van der Waals surface area contributed by atoms with Gasteiger partial charge in [0.2, 0.25) is 5.91 Å². The number of hydrogen-bond donors (Lipinski definition) is 0. The molecule has 1 aromatic rings. The van der Waals surface area contributed by atoms with E-state index in [1.165, 1.54) is 0 Å². The normalized spacial score (nSPS) is 27.4. The molecule has 3 aliphatic heterocycles. The number of amides is 2. The Bertz CT molecular complexity index is 995. The molecule has 4 heterocycles. The van der Waals surface area contributed by atoms with Gasteiger partial charge in [-0.3, -0.25) is 9.59 Å². The third-order valence-electron chi connectivity index (χ3n) is 7.80. The quantitative estimate of drug-likeness (QED) is 0.707. The number of imidazole rings is 1. The maximum atomic E-state index is 13.3. The van der Waals surface area contributed by atoms with Gasteiger partial charge in [0.25, 0.3) is 0 Å². The Hall–Kier alpha value is -1.74. The average molecular weight is 449 g/mol. The van der Waals surface area contributed by atoms with Crippen molar-refractivity contribution in [2.24, 2.45) is 15.7 Å². The molecule has 1 spiro atoms. The van der Waals surface area contributed by atoms with Gasteiger partial charge in [-0.2, -0.15) is 4.36 Å². The summed E-state index contributed by atoms with van der Waals surface area (Å²) in [5.74, 6) is 0.882. The summed E-state index contributed by atoms with van der Waals surface area (Å²) in [6.07, 6.45) is 10.4. The van der Waals surface area contributed by atoms with Crippen LogP contribution in [0.3, 0.4) is 0 Å². The van der Waals surface area contributed by atoms with Gasteiger partial charge in [0, 0.05) is 56.7 Å². The van der Waals surface area contributed by atoms with Crippen molar-refractivity contribution < 1.29 is 18.5 Å². The van der Waals surface area contributed by atoms with Crippen molar-refractivity contribution in [1.29, 1.82) is 0 Å². The van der Waals surface area contributed by atoms with Crippen LogP contribution in [0.4, 0.5) is 0 Å². The summed E-state index contributed by atoms with van der Waals surface area (Å²) >= 11 is 0.